The lowest BCUT2D eigenvalue weighted by molar-refractivity contribution is 0.0455. The zero-order valence-corrected chi connectivity index (χ0v) is 10.8. The first-order valence-corrected chi connectivity index (χ1v) is 6.15. The van der Waals surface area contributed by atoms with Crippen molar-refractivity contribution in [3.8, 4) is 5.75 Å². The van der Waals surface area contributed by atoms with Crippen LogP contribution in [0.3, 0.4) is 0 Å². The Morgan fingerprint density at radius 1 is 1.16 bits per heavy atom. The maximum absolute atomic E-state index is 11.8. The van der Waals surface area contributed by atoms with Gasteiger partial charge in [0.1, 0.15) is 5.75 Å². The lowest BCUT2D eigenvalue weighted by Gasteiger charge is -2.13. The topological polar surface area (TPSA) is 35.5 Å². The van der Waals surface area contributed by atoms with Crippen molar-refractivity contribution < 1.29 is 14.3 Å². The molecule has 1 atom stereocenters. The number of benzene rings is 2. The highest BCUT2D eigenvalue weighted by Gasteiger charge is 2.31. The van der Waals surface area contributed by atoms with Crippen molar-refractivity contribution in [3.63, 3.8) is 0 Å². The van der Waals surface area contributed by atoms with Gasteiger partial charge < -0.3 is 9.47 Å². The van der Waals surface area contributed by atoms with E-state index >= 15 is 0 Å². The Morgan fingerprint density at radius 2 is 1.95 bits per heavy atom. The summed E-state index contributed by atoms with van der Waals surface area (Å²) < 4.78 is 10.7. The quantitative estimate of drug-likeness (QED) is 0.772. The minimum Gasteiger partial charge on any atom is -0.496 e. The average molecular weight is 254 g/mol. The molecule has 0 spiro atoms. The zero-order chi connectivity index (χ0) is 13.4. The van der Waals surface area contributed by atoms with Crippen LogP contribution in [0, 0.1) is 6.92 Å². The number of rotatable bonds is 2. The SMILES string of the molecule is COc1ccc(C2OC(=O)c3ccccc32)cc1C. The summed E-state index contributed by atoms with van der Waals surface area (Å²) in [5.41, 5.74) is 3.58. The summed E-state index contributed by atoms with van der Waals surface area (Å²) in [5, 5.41) is 0. The van der Waals surface area contributed by atoms with Crippen LogP contribution in [0.2, 0.25) is 0 Å². The molecule has 3 heteroatoms. The fraction of sp³-hybridized carbons (Fsp3) is 0.188. The lowest BCUT2D eigenvalue weighted by Crippen LogP contribution is -2.01. The first-order chi connectivity index (χ1) is 9.20. The molecule has 19 heavy (non-hydrogen) atoms. The third-order valence-corrected chi connectivity index (χ3v) is 3.41. The number of fused-ring (bicyclic) bond motifs is 1. The van der Waals surface area contributed by atoms with E-state index in [-0.39, 0.29) is 12.1 Å². The second-order valence-corrected chi connectivity index (χ2v) is 4.60. The second kappa shape index (κ2) is 4.43. The summed E-state index contributed by atoms with van der Waals surface area (Å²) in [7, 11) is 1.65. The molecule has 3 nitrogen and oxygen atoms in total. The molecule has 2 aromatic rings. The average Bonchev–Trinajstić information content (AvgIpc) is 2.77. The van der Waals surface area contributed by atoms with E-state index in [9.17, 15) is 4.79 Å². The summed E-state index contributed by atoms with van der Waals surface area (Å²) >= 11 is 0. The second-order valence-electron chi connectivity index (χ2n) is 4.60. The summed E-state index contributed by atoms with van der Waals surface area (Å²) in [4.78, 5) is 11.8. The fourth-order valence-corrected chi connectivity index (χ4v) is 2.46. The number of hydrogen-bond donors (Lipinski definition) is 0. The molecule has 3 rings (SSSR count). The number of methoxy groups -OCH3 is 1. The van der Waals surface area contributed by atoms with Gasteiger partial charge in [-0.05, 0) is 36.2 Å². The summed E-state index contributed by atoms with van der Waals surface area (Å²) in [5.74, 6) is 0.579. The van der Waals surface area contributed by atoms with E-state index in [1.807, 2.05) is 43.3 Å². The molecule has 0 amide bonds. The number of esters is 1. The Kier molecular flexibility index (Phi) is 2.75. The van der Waals surface area contributed by atoms with Gasteiger partial charge in [0.05, 0.1) is 12.7 Å². The minimum absolute atomic E-state index is 0.255. The summed E-state index contributed by atoms with van der Waals surface area (Å²) in [6.45, 7) is 1.98. The number of cyclic esters (lactones) is 1. The van der Waals surface area contributed by atoms with Crippen LogP contribution >= 0.6 is 0 Å². The van der Waals surface area contributed by atoms with Gasteiger partial charge in [-0.1, -0.05) is 24.3 Å². The van der Waals surface area contributed by atoms with Gasteiger partial charge in [0.15, 0.2) is 6.10 Å². The molecule has 0 bridgehead atoms. The van der Waals surface area contributed by atoms with Crippen LogP contribution in [-0.2, 0) is 4.74 Å². The Morgan fingerprint density at radius 3 is 2.68 bits per heavy atom. The standard InChI is InChI=1S/C16H14O3/c1-10-9-11(7-8-14(10)18-2)15-12-5-3-4-6-13(12)16(17)19-15/h3-9,15H,1-2H3. The van der Waals surface area contributed by atoms with Crippen LogP contribution in [0.15, 0.2) is 42.5 Å². The summed E-state index contributed by atoms with van der Waals surface area (Å²) in [6.07, 6.45) is -0.312. The van der Waals surface area contributed by atoms with Crippen LogP contribution in [0.25, 0.3) is 0 Å². The van der Waals surface area contributed by atoms with Gasteiger partial charge >= 0.3 is 5.97 Å². The van der Waals surface area contributed by atoms with Crippen molar-refractivity contribution in [2.45, 2.75) is 13.0 Å². The highest BCUT2D eigenvalue weighted by molar-refractivity contribution is 5.94. The molecule has 96 valence electrons. The van der Waals surface area contributed by atoms with Gasteiger partial charge in [0.2, 0.25) is 0 Å². The first kappa shape index (κ1) is 11.8. The Balaban J connectivity index is 2.05. The van der Waals surface area contributed by atoms with Crippen molar-refractivity contribution in [2.75, 3.05) is 7.11 Å². The Bertz CT molecular complexity index is 646. The molecule has 0 aliphatic carbocycles. The smallest absolute Gasteiger partial charge is 0.339 e. The van der Waals surface area contributed by atoms with E-state index in [1.54, 1.807) is 13.2 Å². The number of ether oxygens (including phenoxy) is 2. The molecule has 0 N–H and O–H groups in total. The minimum atomic E-state index is -0.312. The number of carbonyl (C=O) groups is 1. The molecule has 1 aliphatic heterocycles. The maximum atomic E-state index is 11.8. The molecule has 2 aromatic carbocycles. The van der Waals surface area contributed by atoms with Gasteiger partial charge in [0, 0.05) is 5.56 Å². The molecule has 1 unspecified atom stereocenters. The van der Waals surface area contributed by atoms with Crippen molar-refractivity contribution >= 4 is 5.97 Å². The molecule has 0 fully saturated rings. The van der Waals surface area contributed by atoms with Crippen molar-refractivity contribution in [2.24, 2.45) is 0 Å². The molecular formula is C16H14O3. The molecule has 1 heterocycles. The van der Waals surface area contributed by atoms with E-state index in [0.29, 0.717) is 5.56 Å². The van der Waals surface area contributed by atoms with Gasteiger partial charge in [0.25, 0.3) is 0 Å². The van der Waals surface area contributed by atoms with Crippen LogP contribution in [0.4, 0.5) is 0 Å². The largest absolute Gasteiger partial charge is 0.496 e. The van der Waals surface area contributed by atoms with Crippen LogP contribution in [-0.4, -0.2) is 13.1 Å². The van der Waals surface area contributed by atoms with E-state index in [2.05, 4.69) is 0 Å². The fourth-order valence-electron chi connectivity index (χ4n) is 2.46. The normalized spacial score (nSPS) is 16.9. The first-order valence-electron chi connectivity index (χ1n) is 6.15. The van der Waals surface area contributed by atoms with Crippen LogP contribution < -0.4 is 4.74 Å². The number of hydrogen-bond acceptors (Lipinski definition) is 3. The van der Waals surface area contributed by atoms with Crippen molar-refractivity contribution in [3.05, 3.63) is 64.7 Å². The van der Waals surface area contributed by atoms with Crippen LogP contribution in [0.5, 0.6) is 5.75 Å². The maximum Gasteiger partial charge on any atom is 0.339 e. The number of aryl methyl sites for hydroxylation is 1. The van der Waals surface area contributed by atoms with Crippen molar-refractivity contribution in [1.29, 1.82) is 0 Å². The summed E-state index contributed by atoms with van der Waals surface area (Å²) in [6, 6.07) is 13.3. The lowest BCUT2D eigenvalue weighted by atomic mass is 9.98. The third kappa shape index (κ3) is 1.87. The highest BCUT2D eigenvalue weighted by Crippen LogP contribution is 2.36. The predicted molar refractivity (Wildman–Crippen MR) is 71.4 cm³/mol. The molecule has 1 aliphatic rings. The van der Waals surface area contributed by atoms with Gasteiger partial charge in [-0.25, -0.2) is 4.79 Å². The third-order valence-electron chi connectivity index (χ3n) is 3.41. The monoisotopic (exact) mass is 254 g/mol. The van der Waals surface area contributed by atoms with Gasteiger partial charge in [-0.2, -0.15) is 0 Å². The Hall–Kier alpha value is -2.29. The molecular weight excluding hydrogens is 240 g/mol. The molecule has 0 radical (unpaired) electrons. The van der Waals surface area contributed by atoms with E-state index in [1.165, 1.54) is 0 Å². The van der Waals surface area contributed by atoms with E-state index < -0.39 is 0 Å². The van der Waals surface area contributed by atoms with E-state index in [4.69, 9.17) is 9.47 Å². The zero-order valence-electron chi connectivity index (χ0n) is 10.8. The molecule has 0 aromatic heterocycles. The molecule has 0 saturated carbocycles. The van der Waals surface area contributed by atoms with Crippen molar-refractivity contribution in [1.82, 2.24) is 0 Å². The Labute approximate surface area is 111 Å². The number of carbonyl (C=O) groups excluding carboxylic acids is 1. The van der Waals surface area contributed by atoms with Gasteiger partial charge in [-0.3, -0.25) is 0 Å². The van der Waals surface area contributed by atoms with Crippen LogP contribution in [0.1, 0.15) is 33.2 Å². The molecule has 0 saturated heterocycles. The predicted octanol–water partition coefficient (Wildman–Crippen LogP) is 3.26. The highest BCUT2D eigenvalue weighted by atomic mass is 16.5. The van der Waals surface area contributed by atoms with Gasteiger partial charge in [-0.15, -0.1) is 0 Å². The van der Waals surface area contributed by atoms with E-state index in [0.717, 1.165) is 22.4 Å².